The van der Waals surface area contributed by atoms with E-state index < -0.39 is 10.8 Å². The molecule has 4 aromatic heterocycles. The van der Waals surface area contributed by atoms with Crippen molar-refractivity contribution in [2.45, 2.75) is 10.8 Å². The first-order chi connectivity index (χ1) is 57.5. The molecule has 2 aliphatic carbocycles. The van der Waals surface area contributed by atoms with Gasteiger partial charge >= 0.3 is 0 Å². The monoisotopic (exact) mass is 1480 g/mol. The Morgan fingerprint density at radius 1 is 0.172 bits per heavy atom. The van der Waals surface area contributed by atoms with Gasteiger partial charge in [-0.1, -0.05) is 358 Å². The van der Waals surface area contributed by atoms with E-state index in [0.717, 1.165) is 88.4 Å². The van der Waals surface area contributed by atoms with Crippen molar-refractivity contribution in [3.8, 4) is 113 Å². The van der Waals surface area contributed by atoms with Crippen LogP contribution < -0.4 is 0 Å². The van der Waals surface area contributed by atoms with Gasteiger partial charge in [0, 0.05) is 54.9 Å². The van der Waals surface area contributed by atoms with Crippen molar-refractivity contribution in [2.75, 3.05) is 0 Å². The van der Waals surface area contributed by atoms with Gasteiger partial charge in [-0.2, -0.15) is 0 Å². The van der Waals surface area contributed by atoms with E-state index in [-0.39, 0.29) is 0 Å². The molecule has 21 aromatic rings. The summed E-state index contributed by atoms with van der Waals surface area (Å²) in [7, 11) is 0. The third-order valence-corrected chi connectivity index (χ3v) is 23.4. The lowest BCUT2D eigenvalue weighted by atomic mass is 9.67. The van der Waals surface area contributed by atoms with E-state index >= 15 is 0 Å². The summed E-state index contributed by atoms with van der Waals surface area (Å²) in [6, 6.07) is 146. The average molecular weight is 1480 g/mol. The van der Waals surface area contributed by atoms with Gasteiger partial charge < -0.3 is 8.83 Å². The minimum atomic E-state index is -0.625. The number of rotatable bonds is 12. The molecule has 0 amide bonds. The average Bonchev–Trinajstić information content (AvgIpc) is 1.53. The van der Waals surface area contributed by atoms with Crippen molar-refractivity contribution < 1.29 is 8.83 Å². The maximum absolute atomic E-state index is 6.88. The minimum absolute atomic E-state index is 0.571. The zero-order valence-corrected chi connectivity index (χ0v) is 62.8. The summed E-state index contributed by atoms with van der Waals surface area (Å²) >= 11 is 0. The molecule has 0 aliphatic heterocycles. The molecule has 0 radical (unpaired) electrons. The Bertz CT molecular complexity index is 7230. The Balaban J connectivity index is 0.000000142. The number of hydrogen-bond donors (Lipinski definition) is 0. The van der Waals surface area contributed by atoms with E-state index in [1.54, 1.807) is 0 Å². The quantitative estimate of drug-likeness (QED) is 0.119. The molecule has 2 aliphatic rings. The lowest BCUT2D eigenvalue weighted by molar-refractivity contribution is 0.665. The number of fused-ring (bicyclic) bond motifs is 13. The highest BCUT2D eigenvalue weighted by Crippen LogP contribution is 2.60. The second-order valence-corrected chi connectivity index (χ2v) is 29.8. The van der Waals surface area contributed by atoms with Crippen molar-refractivity contribution in [3.63, 3.8) is 0 Å². The molecule has 0 saturated heterocycles. The van der Waals surface area contributed by atoms with Crippen LogP contribution in [0.25, 0.3) is 167 Å². The van der Waals surface area contributed by atoms with Crippen LogP contribution in [0.1, 0.15) is 44.5 Å². The van der Waals surface area contributed by atoms with Gasteiger partial charge in [0.2, 0.25) is 0 Å². The Hall–Kier alpha value is -15.4. The Morgan fingerprint density at radius 3 is 1.04 bits per heavy atom. The van der Waals surface area contributed by atoms with Gasteiger partial charge in [-0.3, -0.25) is 0 Å². The zero-order chi connectivity index (χ0) is 76.7. The van der Waals surface area contributed by atoms with Crippen LogP contribution in [0.3, 0.4) is 0 Å². The smallest absolute Gasteiger partial charge is 0.164 e. The molecule has 17 aromatic carbocycles. The molecule has 0 bridgehead atoms. The van der Waals surface area contributed by atoms with E-state index in [4.69, 9.17) is 38.7 Å². The van der Waals surface area contributed by atoms with Crippen LogP contribution in [0.5, 0.6) is 0 Å². The highest BCUT2D eigenvalue weighted by molar-refractivity contribution is 6.14. The van der Waals surface area contributed by atoms with Gasteiger partial charge in [-0.15, -0.1) is 0 Å². The van der Waals surface area contributed by atoms with Crippen molar-refractivity contribution >= 4 is 54.6 Å². The summed E-state index contributed by atoms with van der Waals surface area (Å²) in [6.07, 6.45) is 0. The van der Waals surface area contributed by atoms with Crippen LogP contribution in [0, 0.1) is 0 Å². The molecule has 0 saturated carbocycles. The molecule has 542 valence electrons. The molecule has 1 atom stereocenters. The molecule has 0 N–H and O–H groups in total. The molecule has 0 fully saturated rings. The largest absolute Gasteiger partial charge is 0.456 e. The summed E-state index contributed by atoms with van der Waals surface area (Å²) in [5.74, 6) is 3.69. The summed E-state index contributed by atoms with van der Waals surface area (Å²) in [4.78, 5) is 30.4. The fourth-order valence-corrected chi connectivity index (χ4v) is 18.3. The Labute approximate surface area is 669 Å². The van der Waals surface area contributed by atoms with Gasteiger partial charge in [-0.25, -0.2) is 29.9 Å². The molecule has 0 spiro atoms. The molecular formula is C108H68N6O2. The highest BCUT2D eigenvalue weighted by atomic mass is 16.3. The number of benzene rings is 17. The molecule has 1 unspecified atom stereocenters. The predicted octanol–water partition coefficient (Wildman–Crippen LogP) is 26.8. The van der Waals surface area contributed by atoms with Gasteiger partial charge in [0.1, 0.15) is 22.3 Å². The molecule has 116 heavy (non-hydrogen) atoms. The number of furan rings is 2. The second-order valence-electron chi connectivity index (χ2n) is 29.8. The summed E-state index contributed by atoms with van der Waals surface area (Å²) in [5, 5.41) is 6.43. The van der Waals surface area contributed by atoms with E-state index in [9.17, 15) is 0 Å². The molecule has 23 rings (SSSR count). The normalized spacial score (nSPS) is 13.6. The first-order valence-electron chi connectivity index (χ1n) is 39.3. The predicted molar refractivity (Wildman–Crippen MR) is 470 cm³/mol. The molecule has 8 nitrogen and oxygen atoms in total. The van der Waals surface area contributed by atoms with Crippen LogP contribution in [-0.4, -0.2) is 29.9 Å². The van der Waals surface area contributed by atoms with Gasteiger partial charge in [0.05, 0.1) is 10.8 Å². The van der Waals surface area contributed by atoms with E-state index in [2.05, 4.69) is 267 Å². The standard InChI is InChI=1S/C58H37N3O.C50H31N3O/c1-4-17-38(18-5-1)41-23-14-24-42(35-41)43-25-15-26-44(36-43)58(50-30-12-10-27-46(50)47-28-11-13-31-51(47)58)45-33-34-48-53(37-45)62-52-32-16-29-49(54(48)52)57-60-55(39-19-6-2-7-20-39)59-56(61-57)40-21-8-3-9-22-40;1-4-15-32(16-5-1)47-51-48(33-17-6-2-7-18-33)53-49(52-47)39-24-14-26-45-46(39)41-31-37(27-28-44(41)54-45)50(36-21-8-3-9-22-36)42-25-13-12-23-38(42)40-29-34-19-10-11-20-35(34)30-43(40)50/h1-37H;1-31H. The van der Waals surface area contributed by atoms with E-state index in [1.165, 1.54) is 88.7 Å². The SMILES string of the molecule is c1ccc(-c2cccc(-c3cccc(C4(c5ccc6c(c5)oc5cccc(-c7nc(-c8ccccc8)nc(-c8ccccc8)n7)c56)c5ccccc5-c5ccccc54)c3)c2)cc1.c1ccc(-c2nc(-c3ccccc3)nc(-c3cccc4oc5ccc(C6(c7ccccc7)c7ccccc7-c7cc8ccccc8cc76)cc5c34)n2)cc1. The number of aromatic nitrogens is 6. The summed E-state index contributed by atoms with van der Waals surface area (Å²) < 4.78 is 13.5. The summed E-state index contributed by atoms with van der Waals surface area (Å²) in [6.45, 7) is 0. The Morgan fingerprint density at radius 2 is 0.517 bits per heavy atom. The summed E-state index contributed by atoms with van der Waals surface area (Å²) in [5.41, 5.74) is 27.0. The zero-order valence-electron chi connectivity index (χ0n) is 62.8. The third kappa shape index (κ3) is 11.1. The van der Waals surface area contributed by atoms with Crippen LogP contribution in [0.4, 0.5) is 0 Å². The minimum Gasteiger partial charge on any atom is -0.456 e. The number of hydrogen-bond acceptors (Lipinski definition) is 8. The van der Waals surface area contributed by atoms with Crippen molar-refractivity contribution in [1.82, 2.24) is 29.9 Å². The third-order valence-electron chi connectivity index (χ3n) is 23.4. The molecule has 4 heterocycles. The van der Waals surface area contributed by atoms with Crippen LogP contribution in [-0.2, 0) is 10.8 Å². The lowest BCUT2D eigenvalue weighted by Crippen LogP contribution is -2.28. The Kier molecular flexibility index (Phi) is 16.2. The van der Waals surface area contributed by atoms with Crippen molar-refractivity contribution in [1.29, 1.82) is 0 Å². The topological polar surface area (TPSA) is 104 Å². The van der Waals surface area contributed by atoms with E-state index in [1.807, 2.05) is 146 Å². The first-order valence-corrected chi connectivity index (χ1v) is 39.3. The van der Waals surface area contributed by atoms with E-state index in [0.29, 0.717) is 34.9 Å². The second kappa shape index (κ2) is 27.8. The highest BCUT2D eigenvalue weighted by Gasteiger charge is 2.48. The number of nitrogens with zero attached hydrogens (tertiary/aromatic N) is 6. The van der Waals surface area contributed by atoms with Crippen LogP contribution in [0.15, 0.2) is 421 Å². The molecular weight excluding hydrogens is 1410 g/mol. The van der Waals surface area contributed by atoms with Crippen molar-refractivity contribution in [2.24, 2.45) is 0 Å². The van der Waals surface area contributed by atoms with Gasteiger partial charge in [-0.05, 0) is 154 Å². The fourth-order valence-electron chi connectivity index (χ4n) is 18.3. The maximum Gasteiger partial charge on any atom is 0.164 e. The van der Waals surface area contributed by atoms with Crippen LogP contribution >= 0.6 is 0 Å². The first kappa shape index (κ1) is 67.5. The van der Waals surface area contributed by atoms with Gasteiger partial charge in [0.25, 0.3) is 0 Å². The maximum atomic E-state index is 6.88. The molecule has 8 heteroatoms. The van der Waals surface area contributed by atoms with Gasteiger partial charge in [0.15, 0.2) is 34.9 Å². The van der Waals surface area contributed by atoms with Crippen molar-refractivity contribution in [3.05, 3.63) is 457 Å². The van der Waals surface area contributed by atoms with Crippen LogP contribution in [0.2, 0.25) is 0 Å². The fraction of sp³-hybridized carbons (Fsp3) is 0.0185. The lowest BCUT2D eigenvalue weighted by Gasteiger charge is -2.34.